The second kappa shape index (κ2) is 6.45. The summed E-state index contributed by atoms with van der Waals surface area (Å²) in [5.41, 5.74) is 0.188. The van der Waals surface area contributed by atoms with Crippen LogP contribution in [0.5, 0.6) is 0 Å². The average Bonchev–Trinajstić information content (AvgIpc) is 3.30. The molecule has 2 heterocycles. The van der Waals surface area contributed by atoms with Gasteiger partial charge in [-0.25, -0.2) is 4.39 Å². The highest BCUT2D eigenvalue weighted by Gasteiger charge is 2.47. The number of carbonyl (C=O) groups excluding carboxylic acids is 1. The van der Waals surface area contributed by atoms with Gasteiger partial charge in [-0.2, -0.15) is 0 Å². The molecule has 3 atom stereocenters. The third-order valence-corrected chi connectivity index (χ3v) is 5.82. The maximum Gasteiger partial charge on any atom is 0.257 e. The number of ether oxygens (including phenoxy) is 1. The van der Waals surface area contributed by atoms with Crippen LogP contribution in [0.2, 0.25) is 0 Å². The summed E-state index contributed by atoms with van der Waals surface area (Å²) in [5, 5.41) is 0. The molecule has 0 aromatic heterocycles. The number of rotatable bonds is 4. The number of halogens is 1. The van der Waals surface area contributed by atoms with Gasteiger partial charge >= 0.3 is 0 Å². The summed E-state index contributed by atoms with van der Waals surface area (Å²) in [6.07, 6.45) is 3.69. The standard InChI is InChI=1S/C19H25FN2O2/c1-24-18-8-9-22(19(23)14-4-2-3-5-16(14)20)17-12-21(11-15(17)18)10-13-6-7-13/h2-5,13,15,17-18H,6-12H2,1H3/t15-,17+,18-/m0/s1. The van der Waals surface area contributed by atoms with Crippen molar-refractivity contribution in [1.29, 1.82) is 0 Å². The first-order valence-corrected chi connectivity index (χ1v) is 8.98. The molecular formula is C19H25FN2O2. The zero-order valence-electron chi connectivity index (χ0n) is 14.2. The van der Waals surface area contributed by atoms with Gasteiger partial charge in [-0.3, -0.25) is 4.79 Å². The van der Waals surface area contributed by atoms with Crippen molar-refractivity contribution in [1.82, 2.24) is 9.80 Å². The van der Waals surface area contributed by atoms with Crippen LogP contribution in [0.25, 0.3) is 0 Å². The predicted molar refractivity (Wildman–Crippen MR) is 89.3 cm³/mol. The van der Waals surface area contributed by atoms with Crippen LogP contribution in [0.3, 0.4) is 0 Å². The van der Waals surface area contributed by atoms with Gasteiger partial charge in [0.05, 0.1) is 17.7 Å². The molecule has 130 valence electrons. The first kappa shape index (κ1) is 16.0. The topological polar surface area (TPSA) is 32.8 Å². The maximum absolute atomic E-state index is 14.1. The number of fused-ring (bicyclic) bond motifs is 1. The van der Waals surface area contributed by atoms with E-state index in [1.165, 1.54) is 18.9 Å². The van der Waals surface area contributed by atoms with E-state index in [-0.39, 0.29) is 23.6 Å². The maximum atomic E-state index is 14.1. The molecule has 0 spiro atoms. The molecule has 5 heteroatoms. The number of methoxy groups -OCH3 is 1. The number of likely N-dealkylation sites (tertiary alicyclic amines) is 2. The number of nitrogens with zero attached hydrogens (tertiary/aromatic N) is 2. The molecule has 1 aromatic carbocycles. The normalized spacial score (nSPS) is 30.4. The third-order valence-electron chi connectivity index (χ3n) is 5.82. The highest BCUT2D eigenvalue weighted by atomic mass is 19.1. The highest BCUT2D eigenvalue weighted by Crippen LogP contribution is 2.37. The number of hydrogen-bond acceptors (Lipinski definition) is 3. The van der Waals surface area contributed by atoms with Crippen LogP contribution in [-0.4, -0.2) is 61.1 Å². The van der Waals surface area contributed by atoms with Gasteiger partial charge in [0.15, 0.2) is 0 Å². The predicted octanol–water partition coefficient (Wildman–Crippen LogP) is 2.40. The first-order chi connectivity index (χ1) is 11.7. The van der Waals surface area contributed by atoms with E-state index in [1.807, 2.05) is 4.90 Å². The Morgan fingerprint density at radius 3 is 2.75 bits per heavy atom. The van der Waals surface area contributed by atoms with E-state index in [0.29, 0.717) is 12.5 Å². The number of hydrogen-bond donors (Lipinski definition) is 0. The van der Waals surface area contributed by atoms with Crippen molar-refractivity contribution in [2.45, 2.75) is 31.4 Å². The van der Waals surface area contributed by atoms with Crippen molar-refractivity contribution < 1.29 is 13.9 Å². The minimum Gasteiger partial charge on any atom is -0.381 e. The largest absolute Gasteiger partial charge is 0.381 e. The van der Waals surface area contributed by atoms with E-state index in [4.69, 9.17) is 4.74 Å². The van der Waals surface area contributed by atoms with Crippen molar-refractivity contribution >= 4 is 5.91 Å². The Kier molecular flexibility index (Phi) is 4.31. The molecule has 1 aliphatic carbocycles. The lowest BCUT2D eigenvalue weighted by molar-refractivity contribution is -0.0158. The average molecular weight is 332 g/mol. The molecule has 0 unspecified atom stereocenters. The molecule has 3 fully saturated rings. The van der Waals surface area contributed by atoms with Crippen molar-refractivity contribution in [2.24, 2.45) is 11.8 Å². The van der Waals surface area contributed by atoms with Gasteiger partial charge in [0, 0.05) is 39.2 Å². The number of carbonyl (C=O) groups is 1. The molecule has 1 amide bonds. The third kappa shape index (κ3) is 2.95. The molecule has 1 aromatic rings. The molecule has 1 saturated carbocycles. The van der Waals surface area contributed by atoms with Gasteiger partial charge in [-0.15, -0.1) is 0 Å². The Balaban J connectivity index is 1.55. The summed E-state index contributed by atoms with van der Waals surface area (Å²) in [6.45, 7) is 3.65. The van der Waals surface area contributed by atoms with Gasteiger partial charge < -0.3 is 14.5 Å². The lowest BCUT2D eigenvalue weighted by Gasteiger charge is -2.41. The summed E-state index contributed by atoms with van der Waals surface area (Å²) in [5.74, 6) is 0.562. The Morgan fingerprint density at radius 2 is 2.04 bits per heavy atom. The Morgan fingerprint density at radius 1 is 1.25 bits per heavy atom. The van der Waals surface area contributed by atoms with Crippen LogP contribution >= 0.6 is 0 Å². The van der Waals surface area contributed by atoms with Crippen molar-refractivity contribution in [3.63, 3.8) is 0 Å². The molecule has 2 saturated heterocycles. The highest BCUT2D eigenvalue weighted by molar-refractivity contribution is 5.94. The molecular weight excluding hydrogens is 307 g/mol. The summed E-state index contributed by atoms with van der Waals surface area (Å²) in [6, 6.07) is 6.43. The summed E-state index contributed by atoms with van der Waals surface area (Å²) < 4.78 is 19.7. The van der Waals surface area contributed by atoms with E-state index in [9.17, 15) is 9.18 Å². The SMILES string of the molecule is CO[C@H]1CCN(C(=O)c2ccccc2F)[C@@H]2CN(CC3CC3)C[C@H]12. The van der Waals surface area contributed by atoms with Gasteiger partial charge in [0.2, 0.25) is 0 Å². The molecule has 24 heavy (non-hydrogen) atoms. The van der Waals surface area contributed by atoms with Gasteiger partial charge in [-0.1, -0.05) is 12.1 Å². The smallest absolute Gasteiger partial charge is 0.257 e. The minimum atomic E-state index is -0.430. The van der Waals surface area contributed by atoms with E-state index < -0.39 is 5.82 Å². The molecule has 4 nitrogen and oxygen atoms in total. The zero-order valence-corrected chi connectivity index (χ0v) is 14.2. The van der Waals surface area contributed by atoms with Gasteiger partial charge in [0.25, 0.3) is 5.91 Å². The fraction of sp³-hybridized carbons (Fsp3) is 0.632. The van der Waals surface area contributed by atoms with Crippen molar-refractivity contribution in [3.05, 3.63) is 35.6 Å². The zero-order chi connectivity index (χ0) is 16.7. The van der Waals surface area contributed by atoms with Crippen LogP contribution in [0.15, 0.2) is 24.3 Å². The number of amides is 1. The molecule has 0 N–H and O–H groups in total. The molecule has 3 aliphatic rings. The molecule has 0 bridgehead atoms. The summed E-state index contributed by atoms with van der Waals surface area (Å²) >= 11 is 0. The number of piperidine rings is 1. The summed E-state index contributed by atoms with van der Waals surface area (Å²) in [4.78, 5) is 17.3. The fourth-order valence-electron chi connectivity index (χ4n) is 4.38. The molecule has 4 rings (SSSR count). The van der Waals surface area contributed by atoms with Crippen LogP contribution in [-0.2, 0) is 4.74 Å². The first-order valence-electron chi connectivity index (χ1n) is 8.98. The van der Waals surface area contributed by atoms with E-state index in [1.54, 1.807) is 25.3 Å². The number of benzene rings is 1. The van der Waals surface area contributed by atoms with E-state index in [0.717, 1.165) is 32.0 Å². The van der Waals surface area contributed by atoms with E-state index >= 15 is 0 Å². The Hall–Kier alpha value is -1.46. The molecule has 0 radical (unpaired) electrons. The minimum absolute atomic E-state index is 0.134. The van der Waals surface area contributed by atoms with Crippen LogP contribution < -0.4 is 0 Å². The van der Waals surface area contributed by atoms with Crippen LogP contribution in [0, 0.1) is 17.7 Å². The molecule has 2 aliphatic heterocycles. The summed E-state index contributed by atoms with van der Waals surface area (Å²) in [7, 11) is 1.76. The second-order valence-corrected chi connectivity index (χ2v) is 7.43. The second-order valence-electron chi connectivity index (χ2n) is 7.43. The fourth-order valence-corrected chi connectivity index (χ4v) is 4.38. The van der Waals surface area contributed by atoms with Gasteiger partial charge in [-0.05, 0) is 37.3 Å². The van der Waals surface area contributed by atoms with Gasteiger partial charge in [0.1, 0.15) is 5.82 Å². The Bertz CT molecular complexity index is 619. The van der Waals surface area contributed by atoms with E-state index in [2.05, 4.69) is 4.90 Å². The van der Waals surface area contributed by atoms with Crippen LogP contribution in [0.4, 0.5) is 4.39 Å². The lowest BCUT2D eigenvalue weighted by atomic mass is 9.88. The monoisotopic (exact) mass is 332 g/mol. The van der Waals surface area contributed by atoms with Crippen LogP contribution in [0.1, 0.15) is 29.6 Å². The van der Waals surface area contributed by atoms with Crippen molar-refractivity contribution in [2.75, 3.05) is 33.3 Å². The van der Waals surface area contributed by atoms with Crippen molar-refractivity contribution in [3.8, 4) is 0 Å². The quantitative estimate of drug-likeness (QED) is 0.849. The Labute approximate surface area is 142 Å². The lowest BCUT2D eigenvalue weighted by Crippen LogP contribution is -2.53.